The van der Waals surface area contributed by atoms with E-state index >= 15 is 0 Å². The highest BCUT2D eigenvalue weighted by Gasteiger charge is 2.14. The Balaban J connectivity index is 1.82. The summed E-state index contributed by atoms with van der Waals surface area (Å²) in [5, 5.41) is 5.87. The molecule has 1 saturated carbocycles. The van der Waals surface area contributed by atoms with E-state index in [0.29, 0.717) is 11.7 Å². The molecule has 1 fully saturated rings. The summed E-state index contributed by atoms with van der Waals surface area (Å²) < 4.78 is 0. The van der Waals surface area contributed by atoms with Gasteiger partial charge in [-0.25, -0.2) is 4.79 Å². The van der Waals surface area contributed by atoms with E-state index in [1.54, 1.807) is 12.1 Å². The van der Waals surface area contributed by atoms with Crippen molar-refractivity contribution >= 4 is 17.4 Å². The fraction of sp³-hybridized carbons (Fsp3) is 0.500. The van der Waals surface area contributed by atoms with Crippen molar-refractivity contribution in [2.24, 2.45) is 0 Å². The summed E-state index contributed by atoms with van der Waals surface area (Å²) in [5.74, 6) is 0. The van der Waals surface area contributed by atoms with Crippen LogP contribution in [0.4, 0.5) is 16.2 Å². The van der Waals surface area contributed by atoms with Gasteiger partial charge >= 0.3 is 6.03 Å². The summed E-state index contributed by atoms with van der Waals surface area (Å²) in [6.07, 6.45) is 7.19. The third kappa shape index (κ3) is 3.95. The van der Waals surface area contributed by atoms with E-state index < -0.39 is 0 Å². The van der Waals surface area contributed by atoms with Crippen molar-refractivity contribution in [2.45, 2.75) is 44.6 Å². The SMILES string of the molecule is Nc1ccc(NC(=O)NC2CCCCCC2)cc1. The summed E-state index contributed by atoms with van der Waals surface area (Å²) in [6, 6.07) is 7.37. The fourth-order valence-corrected chi connectivity index (χ4v) is 2.34. The molecule has 98 valence electrons. The highest BCUT2D eigenvalue weighted by molar-refractivity contribution is 5.89. The maximum Gasteiger partial charge on any atom is 0.319 e. The number of benzene rings is 1. The highest BCUT2D eigenvalue weighted by atomic mass is 16.2. The van der Waals surface area contributed by atoms with Gasteiger partial charge in [0.25, 0.3) is 0 Å². The van der Waals surface area contributed by atoms with Gasteiger partial charge in [0.2, 0.25) is 0 Å². The van der Waals surface area contributed by atoms with E-state index in [1.807, 2.05) is 12.1 Å². The largest absolute Gasteiger partial charge is 0.399 e. The number of rotatable bonds is 2. The van der Waals surface area contributed by atoms with E-state index in [0.717, 1.165) is 18.5 Å². The van der Waals surface area contributed by atoms with Gasteiger partial charge in [0.05, 0.1) is 0 Å². The van der Waals surface area contributed by atoms with Gasteiger partial charge in [-0.2, -0.15) is 0 Å². The monoisotopic (exact) mass is 247 g/mol. The second-order valence-electron chi connectivity index (χ2n) is 4.91. The first kappa shape index (κ1) is 12.7. The molecule has 2 amide bonds. The van der Waals surface area contributed by atoms with E-state index in [9.17, 15) is 4.79 Å². The summed E-state index contributed by atoms with van der Waals surface area (Å²) in [4.78, 5) is 11.8. The predicted molar refractivity (Wildman–Crippen MR) is 74.5 cm³/mol. The van der Waals surface area contributed by atoms with Crippen LogP contribution in [0.5, 0.6) is 0 Å². The van der Waals surface area contributed by atoms with Crippen LogP contribution in [-0.4, -0.2) is 12.1 Å². The zero-order valence-electron chi connectivity index (χ0n) is 10.6. The van der Waals surface area contributed by atoms with Crippen LogP contribution in [0.2, 0.25) is 0 Å². The smallest absolute Gasteiger partial charge is 0.319 e. The van der Waals surface area contributed by atoms with Crippen molar-refractivity contribution in [3.8, 4) is 0 Å². The number of hydrogen-bond acceptors (Lipinski definition) is 2. The second kappa shape index (κ2) is 6.28. The van der Waals surface area contributed by atoms with Gasteiger partial charge in [0.15, 0.2) is 0 Å². The van der Waals surface area contributed by atoms with E-state index in [2.05, 4.69) is 10.6 Å². The zero-order valence-corrected chi connectivity index (χ0v) is 10.6. The third-order valence-corrected chi connectivity index (χ3v) is 3.36. The van der Waals surface area contributed by atoms with E-state index in [4.69, 9.17) is 5.73 Å². The Kier molecular flexibility index (Phi) is 4.45. The molecule has 0 unspecified atom stereocenters. The van der Waals surface area contributed by atoms with Crippen LogP contribution < -0.4 is 16.4 Å². The molecule has 0 heterocycles. The quantitative estimate of drug-likeness (QED) is 0.555. The number of amides is 2. The van der Waals surface area contributed by atoms with Crippen LogP contribution in [-0.2, 0) is 0 Å². The van der Waals surface area contributed by atoms with Crippen molar-refractivity contribution in [1.82, 2.24) is 5.32 Å². The molecule has 2 rings (SSSR count). The summed E-state index contributed by atoms with van der Waals surface area (Å²) in [7, 11) is 0. The Morgan fingerprint density at radius 2 is 1.67 bits per heavy atom. The van der Waals surface area contributed by atoms with Crippen molar-refractivity contribution in [2.75, 3.05) is 11.1 Å². The number of nitrogens with one attached hydrogen (secondary N) is 2. The first-order valence-corrected chi connectivity index (χ1v) is 6.67. The number of carbonyl (C=O) groups is 1. The predicted octanol–water partition coefficient (Wildman–Crippen LogP) is 3.11. The molecule has 4 heteroatoms. The van der Waals surface area contributed by atoms with Crippen LogP contribution in [0, 0.1) is 0 Å². The van der Waals surface area contributed by atoms with Crippen molar-refractivity contribution in [3.05, 3.63) is 24.3 Å². The molecule has 4 N–H and O–H groups in total. The lowest BCUT2D eigenvalue weighted by Crippen LogP contribution is -2.37. The first-order chi connectivity index (χ1) is 8.74. The topological polar surface area (TPSA) is 67.1 Å². The van der Waals surface area contributed by atoms with Crippen molar-refractivity contribution < 1.29 is 4.79 Å². The molecule has 1 aromatic rings. The molecular formula is C14H21N3O. The summed E-state index contributed by atoms with van der Waals surface area (Å²) in [6.45, 7) is 0. The van der Waals surface area contributed by atoms with Crippen LogP contribution >= 0.6 is 0 Å². The maximum atomic E-state index is 11.8. The Bertz CT molecular complexity index is 381. The first-order valence-electron chi connectivity index (χ1n) is 6.67. The summed E-state index contributed by atoms with van der Waals surface area (Å²) >= 11 is 0. The van der Waals surface area contributed by atoms with E-state index in [-0.39, 0.29) is 6.03 Å². The van der Waals surface area contributed by atoms with E-state index in [1.165, 1.54) is 25.7 Å². The fourth-order valence-electron chi connectivity index (χ4n) is 2.34. The molecule has 0 saturated heterocycles. The molecular weight excluding hydrogens is 226 g/mol. The Labute approximate surface area is 108 Å². The summed E-state index contributed by atoms with van der Waals surface area (Å²) in [5.41, 5.74) is 7.07. The number of hydrogen-bond donors (Lipinski definition) is 3. The molecule has 1 aliphatic rings. The van der Waals surface area contributed by atoms with Gasteiger partial charge in [0, 0.05) is 17.4 Å². The number of urea groups is 1. The normalized spacial score (nSPS) is 16.9. The van der Waals surface area contributed by atoms with Gasteiger partial charge in [-0.05, 0) is 37.1 Å². The number of anilines is 2. The highest BCUT2D eigenvalue weighted by Crippen LogP contribution is 2.17. The van der Waals surface area contributed by atoms with Crippen molar-refractivity contribution in [1.29, 1.82) is 0 Å². The lowest BCUT2D eigenvalue weighted by atomic mass is 10.1. The Morgan fingerprint density at radius 1 is 1.06 bits per heavy atom. The molecule has 4 nitrogen and oxygen atoms in total. The van der Waals surface area contributed by atoms with Crippen LogP contribution in [0.1, 0.15) is 38.5 Å². The molecule has 0 spiro atoms. The molecule has 0 bridgehead atoms. The molecule has 18 heavy (non-hydrogen) atoms. The minimum Gasteiger partial charge on any atom is -0.399 e. The number of carbonyl (C=O) groups excluding carboxylic acids is 1. The number of nitrogen functional groups attached to an aromatic ring is 1. The standard InChI is InChI=1S/C14H21N3O/c15-11-7-9-13(10-8-11)17-14(18)16-12-5-3-1-2-4-6-12/h7-10,12H,1-6,15H2,(H2,16,17,18). The molecule has 0 aliphatic heterocycles. The molecule has 0 atom stereocenters. The average molecular weight is 247 g/mol. The molecule has 1 aromatic carbocycles. The maximum absolute atomic E-state index is 11.8. The minimum absolute atomic E-state index is 0.119. The van der Waals surface area contributed by atoms with Gasteiger partial charge in [-0.1, -0.05) is 25.7 Å². The van der Waals surface area contributed by atoms with Crippen LogP contribution in [0.15, 0.2) is 24.3 Å². The minimum atomic E-state index is -0.119. The third-order valence-electron chi connectivity index (χ3n) is 3.36. The lowest BCUT2D eigenvalue weighted by Gasteiger charge is -2.16. The Hall–Kier alpha value is -1.71. The average Bonchev–Trinajstić information content (AvgIpc) is 2.61. The Morgan fingerprint density at radius 3 is 2.28 bits per heavy atom. The van der Waals surface area contributed by atoms with Crippen LogP contribution in [0.25, 0.3) is 0 Å². The van der Waals surface area contributed by atoms with Gasteiger partial charge in [-0.3, -0.25) is 0 Å². The van der Waals surface area contributed by atoms with Crippen LogP contribution in [0.3, 0.4) is 0 Å². The second-order valence-corrected chi connectivity index (χ2v) is 4.91. The molecule has 1 aliphatic carbocycles. The van der Waals surface area contributed by atoms with Gasteiger partial charge in [-0.15, -0.1) is 0 Å². The molecule has 0 aromatic heterocycles. The number of nitrogens with two attached hydrogens (primary N) is 1. The van der Waals surface area contributed by atoms with Gasteiger partial charge in [0.1, 0.15) is 0 Å². The van der Waals surface area contributed by atoms with Gasteiger partial charge < -0.3 is 16.4 Å². The van der Waals surface area contributed by atoms with Crippen molar-refractivity contribution in [3.63, 3.8) is 0 Å². The lowest BCUT2D eigenvalue weighted by molar-refractivity contribution is 0.247. The zero-order chi connectivity index (χ0) is 12.8. The molecule has 0 radical (unpaired) electrons.